The Morgan fingerprint density at radius 2 is 1.37 bits per heavy atom. The van der Waals surface area contributed by atoms with Gasteiger partial charge in [0, 0.05) is 0 Å². The molecule has 0 atom stereocenters. The molecule has 0 saturated carbocycles. The van der Waals surface area contributed by atoms with Gasteiger partial charge < -0.3 is 9.47 Å². The molecule has 0 fully saturated rings. The molecule has 1 aromatic carbocycles. The SMILES string of the molecule is O=S1(=O)C=C=CCOc2ccccc2OCC=C=C1. The van der Waals surface area contributed by atoms with Gasteiger partial charge in [0.1, 0.15) is 13.2 Å². The lowest BCUT2D eigenvalue weighted by atomic mass is 10.3. The Morgan fingerprint density at radius 1 is 0.895 bits per heavy atom. The number of para-hydroxylation sites is 2. The van der Waals surface area contributed by atoms with Crippen LogP contribution < -0.4 is 9.47 Å². The van der Waals surface area contributed by atoms with Crippen molar-refractivity contribution in [1.82, 2.24) is 0 Å². The summed E-state index contributed by atoms with van der Waals surface area (Å²) >= 11 is 0. The molecular weight excluding hydrogens is 264 g/mol. The van der Waals surface area contributed by atoms with Crippen LogP contribution in [0.2, 0.25) is 0 Å². The topological polar surface area (TPSA) is 52.6 Å². The molecule has 0 radical (unpaired) electrons. The number of ether oxygens (including phenoxy) is 2. The van der Waals surface area contributed by atoms with Gasteiger partial charge in [0.2, 0.25) is 9.84 Å². The number of hydrogen-bond donors (Lipinski definition) is 0. The van der Waals surface area contributed by atoms with Crippen molar-refractivity contribution < 1.29 is 17.9 Å². The molecule has 1 aliphatic rings. The minimum absolute atomic E-state index is 0.212. The molecule has 1 aromatic rings. The summed E-state index contributed by atoms with van der Waals surface area (Å²) in [6.45, 7) is 0.424. The quantitative estimate of drug-likeness (QED) is 0.682. The zero-order valence-electron chi connectivity index (χ0n) is 10.1. The average Bonchev–Trinajstić information content (AvgIpc) is 2.40. The number of benzene rings is 1. The molecule has 19 heavy (non-hydrogen) atoms. The van der Waals surface area contributed by atoms with Crippen LogP contribution in [0.5, 0.6) is 11.5 Å². The first-order valence-electron chi connectivity index (χ1n) is 5.59. The highest BCUT2D eigenvalue weighted by Crippen LogP contribution is 2.26. The van der Waals surface area contributed by atoms with Crippen molar-refractivity contribution in [2.75, 3.05) is 13.2 Å². The third-order valence-corrected chi connectivity index (χ3v) is 3.12. The van der Waals surface area contributed by atoms with Gasteiger partial charge in [-0.2, -0.15) is 0 Å². The van der Waals surface area contributed by atoms with Gasteiger partial charge in [0.05, 0.1) is 10.8 Å². The summed E-state index contributed by atoms with van der Waals surface area (Å²) in [4.78, 5) is 0. The van der Waals surface area contributed by atoms with Crippen molar-refractivity contribution in [2.24, 2.45) is 0 Å². The van der Waals surface area contributed by atoms with Crippen LogP contribution in [0.4, 0.5) is 0 Å². The van der Waals surface area contributed by atoms with E-state index in [9.17, 15) is 8.42 Å². The third kappa shape index (κ3) is 4.19. The normalized spacial score (nSPS) is 17.3. The number of rotatable bonds is 0. The van der Waals surface area contributed by atoms with Gasteiger partial charge in [0.15, 0.2) is 11.5 Å². The molecule has 0 amide bonds. The molecule has 0 aromatic heterocycles. The van der Waals surface area contributed by atoms with Crippen LogP contribution in [-0.2, 0) is 9.84 Å². The summed E-state index contributed by atoms with van der Waals surface area (Å²) in [5.74, 6) is 1.19. The highest BCUT2D eigenvalue weighted by atomic mass is 32.2. The highest BCUT2D eigenvalue weighted by molar-refractivity contribution is 7.97. The first-order chi connectivity index (χ1) is 9.17. The lowest BCUT2D eigenvalue weighted by Gasteiger charge is -2.09. The third-order valence-electron chi connectivity index (χ3n) is 2.19. The Balaban J connectivity index is 2.32. The molecule has 0 bridgehead atoms. The molecule has 2 rings (SSSR count). The fourth-order valence-corrected chi connectivity index (χ4v) is 2.01. The van der Waals surface area contributed by atoms with Crippen molar-refractivity contribution in [3.8, 4) is 11.5 Å². The molecule has 1 heterocycles. The maximum Gasteiger partial charge on any atom is 0.207 e. The maximum absolute atomic E-state index is 11.4. The van der Waals surface area contributed by atoms with Crippen molar-refractivity contribution >= 4 is 9.84 Å². The van der Waals surface area contributed by atoms with Gasteiger partial charge in [0.25, 0.3) is 0 Å². The predicted octanol–water partition coefficient (Wildman–Crippen LogP) is 2.21. The van der Waals surface area contributed by atoms with E-state index in [-0.39, 0.29) is 13.2 Å². The van der Waals surface area contributed by atoms with Gasteiger partial charge in [-0.05, 0) is 24.3 Å². The molecule has 4 nitrogen and oxygen atoms in total. The highest BCUT2D eigenvalue weighted by Gasteiger charge is 2.02. The van der Waals surface area contributed by atoms with Crippen LogP contribution in [0, 0.1) is 0 Å². The van der Waals surface area contributed by atoms with E-state index in [1.54, 1.807) is 12.1 Å². The number of sulfone groups is 1. The summed E-state index contributed by atoms with van der Waals surface area (Å²) in [5, 5.41) is 1.95. The van der Waals surface area contributed by atoms with Crippen LogP contribution in [0.1, 0.15) is 0 Å². The lowest BCUT2D eigenvalue weighted by Crippen LogP contribution is -1.98. The van der Waals surface area contributed by atoms with E-state index < -0.39 is 9.84 Å². The Morgan fingerprint density at radius 3 is 1.84 bits per heavy atom. The summed E-state index contributed by atoms with van der Waals surface area (Å²) in [5.41, 5.74) is 5.11. The van der Waals surface area contributed by atoms with Crippen molar-refractivity contribution in [1.29, 1.82) is 0 Å². The second kappa shape index (κ2) is 6.12. The van der Waals surface area contributed by atoms with Crippen molar-refractivity contribution in [3.05, 3.63) is 58.7 Å². The van der Waals surface area contributed by atoms with Crippen molar-refractivity contribution in [2.45, 2.75) is 0 Å². The minimum Gasteiger partial charge on any atom is -0.485 e. The average molecular weight is 276 g/mol. The fourth-order valence-electron chi connectivity index (χ4n) is 1.37. The molecule has 0 aliphatic carbocycles. The predicted molar refractivity (Wildman–Crippen MR) is 71.7 cm³/mol. The van der Waals surface area contributed by atoms with Crippen LogP contribution in [-0.4, -0.2) is 21.6 Å². The maximum atomic E-state index is 11.4. The molecule has 5 heteroatoms. The molecule has 0 spiro atoms. The minimum atomic E-state index is -3.44. The molecule has 98 valence electrons. The van der Waals surface area contributed by atoms with Gasteiger partial charge in [-0.1, -0.05) is 12.1 Å². The van der Waals surface area contributed by atoms with Crippen LogP contribution in [0.15, 0.2) is 58.7 Å². The van der Waals surface area contributed by atoms with E-state index in [1.807, 2.05) is 12.1 Å². The van der Waals surface area contributed by atoms with E-state index in [2.05, 4.69) is 11.5 Å². The Bertz CT molecular complexity index is 620. The van der Waals surface area contributed by atoms with E-state index in [4.69, 9.17) is 9.47 Å². The van der Waals surface area contributed by atoms with Gasteiger partial charge in [-0.25, -0.2) is 8.42 Å². The standard InChI is InChI=1S/C14H12O4S/c15-19(16)11-5-3-9-17-13-7-1-2-8-14(13)18-10-4-6-12-19/h1-4,7-8,11-12H,9-10H2. The first-order valence-corrected chi connectivity index (χ1v) is 7.20. The lowest BCUT2D eigenvalue weighted by molar-refractivity contribution is 0.308. The van der Waals surface area contributed by atoms with Gasteiger partial charge in [-0.3, -0.25) is 0 Å². The Labute approximate surface area is 111 Å². The zero-order valence-corrected chi connectivity index (χ0v) is 10.9. The van der Waals surface area contributed by atoms with E-state index in [0.29, 0.717) is 11.5 Å². The molecular formula is C14H12O4S. The number of hydrogen-bond acceptors (Lipinski definition) is 4. The summed E-state index contributed by atoms with van der Waals surface area (Å²) in [7, 11) is -3.44. The molecule has 1 aliphatic heterocycles. The summed E-state index contributed by atoms with van der Waals surface area (Å²) in [6.07, 6.45) is 2.98. The van der Waals surface area contributed by atoms with Gasteiger partial charge in [-0.15, -0.1) is 11.5 Å². The first kappa shape index (κ1) is 13.2. The van der Waals surface area contributed by atoms with Crippen molar-refractivity contribution in [3.63, 3.8) is 0 Å². The van der Waals surface area contributed by atoms with Crippen LogP contribution >= 0.6 is 0 Å². The Kier molecular flexibility index (Phi) is 4.26. The van der Waals surface area contributed by atoms with Crippen LogP contribution in [0.25, 0.3) is 0 Å². The molecule has 0 N–H and O–H groups in total. The molecule has 0 unspecified atom stereocenters. The van der Waals surface area contributed by atoms with Crippen LogP contribution in [0.3, 0.4) is 0 Å². The zero-order chi connectivity index (χ0) is 13.6. The van der Waals surface area contributed by atoms with E-state index in [1.165, 1.54) is 12.2 Å². The van der Waals surface area contributed by atoms with E-state index in [0.717, 1.165) is 10.8 Å². The van der Waals surface area contributed by atoms with E-state index >= 15 is 0 Å². The largest absolute Gasteiger partial charge is 0.485 e. The summed E-state index contributed by atoms with van der Waals surface area (Å²) < 4.78 is 33.8. The van der Waals surface area contributed by atoms with Gasteiger partial charge >= 0.3 is 0 Å². The fraction of sp³-hybridized carbons (Fsp3) is 0.143. The second-order valence-corrected chi connectivity index (χ2v) is 5.28. The summed E-state index contributed by atoms with van der Waals surface area (Å²) in [6, 6.07) is 7.23. The Hall–Kier alpha value is -2.19. The monoisotopic (exact) mass is 276 g/mol. The number of fused-ring (bicyclic) bond motifs is 1. The second-order valence-electron chi connectivity index (χ2n) is 3.64. The molecule has 0 saturated heterocycles. The smallest absolute Gasteiger partial charge is 0.207 e.